The number of hydrogen-bond acceptors (Lipinski definition) is 1. The molecule has 0 saturated heterocycles. The molecule has 1 rings (SSSR count). The van der Waals surface area contributed by atoms with Crippen LogP contribution in [0.25, 0.3) is 0 Å². The van der Waals surface area contributed by atoms with Crippen molar-refractivity contribution in [3.8, 4) is 0 Å². The minimum atomic E-state index is 1.18. The molecule has 0 aliphatic carbocycles. The van der Waals surface area contributed by atoms with Gasteiger partial charge in [-0.3, -0.25) is 0 Å². The first-order valence-electron chi connectivity index (χ1n) is 7.50. The lowest BCUT2D eigenvalue weighted by Gasteiger charge is -2.02. The van der Waals surface area contributed by atoms with Crippen LogP contribution in [0.15, 0.2) is 16.8 Å². The second-order valence-corrected chi connectivity index (χ2v) is 6.68. The molecule has 0 aromatic carbocycles. The molecule has 2 heteroatoms. The Hall–Kier alpha value is 0.180. The third-order valence-electron chi connectivity index (χ3n) is 3.43. The van der Waals surface area contributed by atoms with Crippen LogP contribution >= 0.6 is 27.3 Å². The number of alkyl halides is 1. The summed E-state index contributed by atoms with van der Waals surface area (Å²) in [6.45, 7) is 0. The van der Waals surface area contributed by atoms with Crippen molar-refractivity contribution in [2.75, 3.05) is 5.33 Å². The highest BCUT2D eigenvalue weighted by Gasteiger charge is 1.95. The van der Waals surface area contributed by atoms with E-state index >= 15 is 0 Å². The van der Waals surface area contributed by atoms with E-state index in [9.17, 15) is 0 Å². The van der Waals surface area contributed by atoms with Crippen molar-refractivity contribution in [3.05, 3.63) is 22.4 Å². The van der Waals surface area contributed by atoms with Crippen LogP contribution in [0.1, 0.15) is 69.8 Å². The van der Waals surface area contributed by atoms with Crippen molar-refractivity contribution in [1.29, 1.82) is 0 Å². The molecular weight excluding hydrogens is 304 g/mol. The quantitative estimate of drug-likeness (QED) is 0.299. The number of aryl methyl sites for hydroxylation is 1. The van der Waals surface area contributed by atoms with Crippen LogP contribution in [0.2, 0.25) is 0 Å². The van der Waals surface area contributed by atoms with Gasteiger partial charge >= 0.3 is 0 Å². The van der Waals surface area contributed by atoms with Crippen molar-refractivity contribution in [2.24, 2.45) is 0 Å². The Labute approximate surface area is 125 Å². The van der Waals surface area contributed by atoms with Gasteiger partial charge in [-0.25, -0.2) is 0 Å². The molecule has 0 atom stereocenters. The van der Waals surface area contributed by atoms with Gasteiger partial charge in [-0.05, 0) is 41.7 Å². The van der Waals surface area contributed by atoms with Crippen LogP contribution in [0, 0.1) is 0 Å². The van der Waals surface area contributed by atoms with E-state index in [2.05, 4.69) is 32.8 Å². The molecule has 0 aliphatic heterocycles. The van der Waals surface area contributed by atoms with Gasteiger partial charge in [-0.15, -0.1) is 0 Å². The molecule has 104 valence electrons. The van der Waals surface area contributed by atoms with Crippen LogP contribution < -0.4 is 0 Å². The Bertz CT molecular complexity index is 256. The van der Waals surface area contributed by atoms with Crippen LogP contribution in [-0.4, -0.2) is 5.33 Å². The topological polar surface area (TPSA) is 0 Å². The Balaban J connectivity index is 1.73. The maximum atomic E-state index is 3.48. The molecule has 0 spiro atoms. The molecule has 1 heterocycles. The second-order valence-electron chi connectivity index (χ2n) is 5.11. The average Bonchev–Trinajstić information content (AvgIpc) is 2.89. The summed E-state index contributed by atoms with van der Waals surface area (Å²) in [7, 11) is 0. The van der Waals surface area contributed by atoms with Gasteiger partial charge in [0.05, 0.1) is 0 Å². The van der Waals surface area contributed by atoms with Gasteiger partial charge in [0.2, 0.25) is 0 Å². The highest BCUT2D eigenvalue weighted by Crippen LogP contribution is 2.13. The molecule has 0 bridgehead atoms. The lowest BCUT2D eigenvalue weighted by Crippen LogP contribution is -1.84. The normalized spacial score (nSPS) is 10.9. The van der Waals surface area contributed by atoms with Gasteiger partial charge in [0.1, 0.15) is 0 Å². The molecule has 0 aliphatic rings. The van der Waals surface area contributed by atoms with Crippen molar-refractivity contribution < 1.29 is 0 Å². The van der Waals surface area contributed by atoms with Crippen molar-refractivity contribution in [2.45, 2.75) is 70.6 Å². The van der Waals surface area contributed by atoms with Crippen molar-refractivity contribution >= 4 is 27.3 Å². The van der Waals surface area contributed by atoms with E-state index in [4.69, 9.17) is 0 Å². The third-order valence-corrected chi connectivity index (χ3v) is 4.72. The van der Waals surface area contributed by atoms with E-state index in [-0.39, 0.29) is 0 Å². The fourth-order valence-electron chi connectivity index (χ4n) is 2.27. The molecule has 0 saturated carbocycles. The Kier molecular flexibility index (Phi) is 11.0. The molecule has 0 N–H and O–H groups in total. The largest absolute Gasteiger partial charge is 0.152 e. The maximum Gasteiger partial charge on any atom is 0.00313 e. The summed E-state index contributed by atoms with van der Waals surface area (Å²) < 4.78 is 0. The smallest absolute Gasteiger partial charge is 0.00313 e. The monoisotopic (exact) mass is 330 g/mol. The predicted molar refractivity (Wildman–Crippen MR) is 88.0 cm³/mol. The van der Waals surface area contributed by atoms with E-state index in [0.717, 1.165) is 0 Å². The first-order valence-corrected chi connectivity index (χ1v) is 9.57. The van der Waals surface area contributed by atoms with E-state index in [0.29, 0.717) is 0 Å². The molecule has 0 fully saturated rings. The zero-order chi connectivity index (χ0) is 12.9. The minimum Gasteiger partial charge on any atom is -0.152 e. The SMILES string of the molecule is BrCCCCCCCCCCCCc1ccsc1. The van der Waals surface area contributed by atoms with Crippen LogP contribution in [-0.2, 0) is 6.42 Å². The molecular formula is C16H27BrS. The molecule has 0 unspecified atom stereocenters. The molecule has 0 radical (unpaired) electrons. The number of thiophene rings is 1. The van der Waals surface area contributed by atoms with Crippen LogP contribution in [0.5, 0.6) is 0 Å². The summed E-state index contributed by atoms with van der Waals surface area (Å²) >= 11 is 5.30. The van der Waals surface area contributed by atoms with Gasteiger partial charge in [-0.1, -0.05) is 67.3 Å². The number of halogens is 1. The van der Waals surface area contributed by atoms with E-state index < -0.39 is 0 Å². The fraction of sp³-hybridized carbons (Fsp3) is 0.750. The Morgan fingerprint density at radius 2 is 1.33 bits per heavy atom. The Morgan fingerprint density at radius 1 is 0.778 bits per heavy atom. The highest BCUT2D eigenvalue weighted by molar-refractivity contribution is 9.09. The third kappa shape index (κ3) is 9.16. The summed E-state index contributed by atoms with van der Waals surface area (Å²) in [6.07, 6.45) is 15.5. The van der Waals surface area contributed by atoms with E-state index in [1.807, 2.05) is 11.3 Å². The molecule has 1 aromatic heterocycles. The number of unbranched alkanes of at least 4 members (excludes halogenated alkanes) is 9. The minimum absolute atomic E-state index is 1.18. The first kappa shape index (κ1) is 16.2. The molecule has 0 nitrogen and oxygen atoms in total. The molecule has 0 amide bonds. The van der Waals surface area contributed by atoms with Crippen molar-refractivity contribution in [3.63, 3.8) is 0 Å². The predicted octanol–water partition coefficient (Wildman–Crippen LogP) is 6.59. The summed E-state index contributed by atoms with van der Waals surface area (Å²) in [6, 6.07) is 2.26. The maximum absolute atomic E-state index is 3.48. The van der Waals surface area contributed by atoms with Crippen LogP contribution in [0.3, 0.4) is 0 Å². The van der Waals surface area contributed by atoms with Gasteiger partial charge in [0, 0.05) is 5.33 Å². The number of rotatable bonds is 12. The lowest BCUT2D eigenvalue weighted by atomic mass is 10.0. The van der Waals surface area contributed by atoms with Gasteiger partial charge in [0.15, 0.2) is 0 Å². The highest BCUT2D eigenvalue weighted by atomic mass is 79.9. The lowest BCUT2D eigenvalue weighted by molar-refractivity contribution is 0.557. The summed E-state index contributed by atoms with van der Waals surface area (Å²) in [4.78, 5) is 0. The second kappa shape index (κ2) is 12.2. The fourth-order valence-corrected chi connectivity index (χ4v) is 3.37. The van der Waals surface area contributed by atoms with Crippen molar-refractivity contribution in [1.82, 2.24) is 0 Å². The van der Waals surface area contributed by atoms with E-state index in [1.165, 1.54) is 81.5 Å². The van der Waals surface area contributed by atoms with E-state index in [1.54, 1.807) is 0 Å². The summed E-state index contributed by atoms with van der Waals surface area (Å²) in [5.41, 5.74) is 1.53. The van der Waals surface area contributed by atoms with Gasteiger partial charge in [-0.2, -0.15) is 11.3 Å². The van der Waals surface area contributed by atoms with Gasteiger partial charge < -0.3 is 0 Å². The average molecular weight is 331 g/mol. The molecule has 18 heavy (non-hydrogen) atoms. The van der Waals surface area contributed by atoms with Gasteiger partial charge in [0.25, 0.3) is 0 Å². The Morgan fingerprint density at radius 3 is 1.83 bits per heavy atom. The summed E-state index contributed by atoms with van der Waals surface area (Å²) in [5, 5.41) is 5.65. The zero-order valence-electron chi connectivity index (χ0n) is 11.5. The zero-order valence-corrected chi connectivity index (χ0v) is 13.9. The number of hydrogen-bond donors (Lipinski definition) is 0. The molecule has 1 aromatic rings. The first-order chi connectivity index (χ1) is 8.93. The summed E-state index contributed by atoms with van der Waals surface area (Å²) in [5.74, 6) is 0. The standard InChI is InChI=1S/C16H27BrS/c17-13-10-8-6-4-2-1-3-5-7-9-11-16-12-14-18-15-16/h12,14-15H,1-11,13H2. The van der Waals surface area contributed by atoms with Crippen LogP contribution in [0.4, 0.5) is 0 Å².